The monoisotopic (exact) mass is 456 g/mol. The minimum absolute atomic E-state index is 0.156. The average molecular weight is 456 g/mol. The van der Waals surface area contributed by atoms with Gasteiger partial charge in [-0.05, 0) is 41.8 Å². The van der Waals surface area contributed by atoms with Gasteiger partial charge in [0.15, 0.2) is 0 Å². The van der Waals surface area contributed by atoms with Crippen LogP contribution in [0.2, 0.25) is 0 Å². The van der Waals surface area contributed by atoms with Gasteiger partial charge in [-0.2, -0.15) is 0 Å². The number of benzene rings is 2. The number of nitrogens with one attached hydrogen (secondary N) is 2. The number of anilines is 1. The van der Waals surface area contributed by atoms with E-state index in [1.165, 1.54) is 48.5 Å². The number of alkyl halides is 3. The predicted molar refractivity (Wildman–Crippen MR) is 106 cm³/mol. The van der Waals surface area contributed by atoms with Crippen LogP contribution in [0.1, 0.15) is 15.9 Å². The summed E-state index contributed by atoms with van der Waals surface area (Å²) in [5.41, 5.74) is 0.635. The van der Waals surface area contributed by atoms with Crippen LogP contribution in [0.4, 0.5) is 18.9 Å². The van der Waals surface area contributed by atoms with Gasteiger partial charge in [-0.25, -0.2) is 8.42 Å². The normalized spacial score (nSPS) is 11.7. The Morgan fingerprint density at radius 1 is 1.00 bits per heavy atom. The van der Waals surface area contributed by atoms with Gasteiger partial charge in [0.1, 0.15) is 9.96 Å². The van der Waals surface area contributed by atoms with E-state index < -0.39 is 28.0 Å². The van der Waals surface area contributed by atoms with Crippen LogP contribution in [0.25, 0.3) is 0 Å². The molecule has 0 bridgehead atoms. The Hall–Kier alpha value is -3.05. The molecular weight excluding hydrogens is 441 g/mol. The summed E-state index contributed by atoms with van der Waals surface area (Å²) < 4.78 is 68.3. The SMILES string of the molecule is O=C(NCc1ccccc1OC(F)(F)F)c1ccc(NS(=O)(=O)c2cccs2)cc1. The van der Waals surface area contributed by atoms with Crippen LogP contribution in [-0.4, -0.2) is 20.7 Å². The van der Waals surface area contributed by atoms with Gasteiger partial charge in [-0.1, -0.05) is 24.3 Å². The topological polar surface area (TPSA) is 84.5 Å². The summed E-state index contributed by atoms with van der Waals surface area (Å²) in [5, 5.41) is 4.15. The lowest BCUT2D eigenvalue weighted by Gasteiger charge is -2.13. The van der Waals surface area contributed by atoms with E-state index in [9.17, 15) is 26.4 Å². The fourth-order valence-corrected chi connectivity index (χ4v) is 4.51. The molecular formula is C19H15F3N2O4S2. The first-order chi connectivity index (χ1) is 14.1. The first-order valence-electron chi connectivity index (χ1n) is 8.42. The van der Waals surface area contributed by atoms with Crippen LogP contribution in [0.15, 0.2) is 70.3 Å². The van der Waals surface area contributed by atoms with Crippen molar-refractivity contribution in [2.75, 3.05) is 4.72 Å². The van der Waals surface area contributed by atoms with Crippen LogP contribution in [0.3, 0.4) is 0 Å². The summed E-state index contributed by atoms with van der Waals surface area (Å²) in [5.74, 6) is -0.937. The molecule has 158 valence electrons. The summed E-state index contributed by atoms with van der Waals surface area (Å²) in [6.07, 6.45) is -4.84. The molecule has 0 fully saturated rings. The molecule has 0 spiro atoms. The molecule has 0 radical (unpaired) electrons. The van der Waals surface area contributed by atoms with E-state index in [0.29, 0.717) is 0 Å². The smallest absolute Gasteiger partial charge is 0.405 e. The first kappa shape index (κ1) is 21.7. The number of halogens is 3. The molecule has 1 heterocycles. The highest BCUT2D eigenvalue weighted by atomic mass is 32.2. The first-order valence-corrected chi connectivity index (χ1v) is 10.8. The Morgan fingerprint density at radius 2 is 1.70 bits per heavy atom. The standard InChI is InChI=1S/C19H15F3N2O4S2/c20-19(21,22)28-16-5-2-1-4-14(16)12-23-18(25)13-7-9-15(10-8-13)24-30(26,27)17-6-3-11-29-17/h1-11,24H,12H2,(H,23,25). The van der Waals surface area contributed by atoms with Crippen LogP contribution >= 0.6 is 11.3 Å². The predicted octanol–water partition coefficient (Wildman–Crippen LogP) is 4.38. The Morgan fingerprint density at radius 3 is 2.33 bits per heavy atom. The van der Waals surface area contributed by atoms with Crippen molar-refractivity contribution in [3.63, 3.8) is 0 Å². The third-order valence-corrected chi connectivity index (χ3v) is 6.58. The number of hydrogen-bond acceptors (Lipinski definition) is 5. The van der Waals surface area contributed by atoms with Crippen molar-refractivity contribution in [3.05, 3.63) is 77.2 Å². The van der Waals surface area contributed by atoms with Crippen LogP contribution in [0, 0.1) is 0 Å². The molecule has 0 unspecified atom stereocenters. The second-order valence-electron chi connectivity index (χ2n) is 5.95. The third-order valence-electron chi connectivity index (χ3n) is 3.80. The van der Waals surface area contributed by atoms with Crippen LogP contribution < -0.4 is 14.8 Å². The van der Waals surface area contributed by atoms with E-state index in [1.54, 1.807) is 11.4 Å². The van der Waals surface area contributed by atoms with Crippen molar-refractivity contribution in [1.82, 2.24) is 5.32 Å². The van der Waals surface area contributed by atoms with Gasteiger partial charge in [0.25, 0.3) is 15.9 Å². The highest BCUT2D eigenvalue weighted by Gasteiger charge is 2.32. The Balaban J connectivity index is 1.63. The highest BCUT2D eigenvalue weighted by molar-refractivity contribution is 7.94. The van der Waals surface area contributed by atoms with Crippen molar-refractivity contribution in [2.24, 2.45) is 0 Å². The Labute approximate surface area is 174 Å². The van der Waals surface area contributed by atoms with Crippen LogP contribution in [0.5, 0.6) is 5.75 Å². The number of thiophene rings is 1. The van der Waals surface area contributed by atoms with Crippen molar-refractivity contribution in [2.45, 2.75) is 17.1 Å². The highest BCUT2D eigenvalue weighted by Crippen LogP contribution is 2.26. The number of carbonyl (C=O) groups excluding carboxylic acids is 1. The quantitative estimate of drug-likeness (QED) is 0.553. The second kappa shape index (κ2) is 8.76. The molecule has 0 saturated carbocycles. The number of amides is 1. The second-order valence-corrected chi connectivity index (χ2v) is 8.81. The number of para-hydroxylation sites is 1. The van der Waals surface area contributed by atoms with Gasteiger partial charge in [0.05, 0.1) is 0 Å². The maximum absolute atomic E-state index is 12.5. The van der Waals surface area contributed by atoms with E-state index >= 15 is 0 Å². The number of hydrogen-bond donors (Lipinski definition) is 2. The van der Waals surface area contributed by atoms with Gasteiger partial charge < -0.3 is 10.1 Å². The van der Waals surface area contributed by atoms with Gasteiger partial charge in [-0.15, -0.1) is 24.5 Å². The molecule has 3 rings (SSSR count). The molecule has 0 saturated heterocycles. The molecule has 1 aromatic heterocycles. The minimum atomic E-state index is -4.84. The van der Waals surface area contributed by atoms with Gasteiger partial charge in [-0.3, -0.25) is 9.52 Å². The van der Waals surface area contributed by atoms with E-state index in [2.05, 4.69) is 14.8 Å². The molecule has 0 aliphatic rings. The number of rotatable bonds is 7. The third kappa shape index (κ3) is 5.74. The number of sulfonamides is 1. The zero-order valence-corrected chi connectivity index (χ0v) is 16.8. The zero-order chi connectivity index (χ0) is 21.8. The lowest BCUT2D eigenvalue weighted by molar-refractivity contribution is -0.274. The number of carbonyl (C=O) groups is 1. The van der Waals surface area contributed by atoms with Gasteiger partial charge in [0, 0.05) is 23.4 Å². The maximum Gasteiger partial charge on any atom is 0.573 e. The minimum Gasteiger partial charge on any atom is -0.405 e. The molecule has 30 heavy (non-hydrogen) atoms. The molecule has 1 amide bonds. The fourth-order valence-electron chi connectivity index (χ4n) is 2.46. The van der Waals surface area contributed by atoms with Crippen molar-refractivity contribution in [1.29, 1.82) is 0 Å². The summed E-state index contributed by atoms with van der Waals surface area (Å²) >= 11 is 1.07. The lowest BCUT2D eigenvalue weighted by Crippen LogP contribution is -2.24. The summed E-state index contributed by atoms with van der Waals surface area (Å²) in [7, 11) is -3.71. The van der Waals surface area contributed by atoms with Gasteiger partial charge >= 0.3 is 6.36 Å². The van der Waals surface area contributed by atoms with Crippen molar-refractivity contribution in [3.8, 4) is 5.75 Å². The molecule has 11 heteroatoms. The molecule has 6 nitrogen and oxygen atoms in total. The summed E-state index contributed by atoms with van der Waals surface area (Å²) in [4.78, 5) is 12.3. The van der Waals surface area contributed by atoms with Gasteiger partial charge in [0.2, 0.25) is 0 Å². The lowest BCUT2D eigenvalue weighted by atomic mass is 10.1. The molecule has 0 aliphatic carbocycles. The van der Waals surface area contributed by atoms with E-state index in [0.717, 1.165) is 17.4 Å². The fraction of sp³-hybridized carbons (Fsp3) is 0.105. The summed E-state index contributed by atoms with van der Waals surface area (Å²) in [6, 6.07) is 14.2. The van der Waals surface area contributed by atoms with Crippen molar-refractivity contribution >= 4 is 33.0 Å². The average Bonchev–Trinajstić information content (AvgIpc) is 3.22. The van der Waals surface area contributed by atoms with Crippen LogP contribution in [-0.2, 0) is 16.6 Å². The molecule has 0 aliphatic heterocycles. The maximum atomic E-state index is 12.5. The summed E-state index contributed by atoms with van der Waals surface area (Å²) in [6.45, 7) is -0.183. The largest absolute Gasteiger partial charge is 0.573 e. The van der Waals surface area contributed by atoms with E-state index in [4.69, 9.17) is 0 Å². The Kier molecular flexibility index (Phi) is 6.32. The van der Waals surface area contributed by atoms with Crippen molar-refractivity contribution < 1.29 is 31.1 Å². The number of ether oxygens (including phenoxy) is 1. The van der Waals surface area contributed by atoms with E-state index in [1.807, 2.05) is 0 Å². The Bertz CT molecular complexity index is 1110. The zero-order valence-electron chi connectivity index (χ0n) is 15.1. The van der Waals surface area contributed by atoms with E-state index in [-0.39, 0.29) is 27.6 Å². The molecule has 2 aromatic carbocycles. The molecule has 2 N–H and O–H groups in total. The molecule has 3 aromatic rings. The molecule has 0 atom stereocenters.